The molecular formula is C29H30N4O5. The van der Waals surface area contributed by atoms with Gasteiger partial charge in [0.1, 0.15) is 11.4 Å². The van der Waals surface area contributed by atoms with E-state index in [4.69, 9.17) is 19.2 Å². The van der Waals surface area contributed by atoms with E-state index in [1.165, 1.54) is 7.11 Å². The molecule has 1 aliphatic heterocycles. The molecular weight excluding hydrogens is 484 g/mol. The van der Waals surface area contributed by atoms with E-state index >= 15 is 0 Å². The second-order valence-electron chi connectivity index (χ2n) is 9.08. The van der Waals surface area contributed by atoms with Crippen LogP contribution < -0.4 is 15.4 Å². The quantitative estimate of drug-likeness (QED) is 0.307. The highest BCUT2D eigenvalue weighted by Crippen LogP contribution is 2.34. The standard InChI is InChI=1S/C29H30N4O5/c1-36-22-11-6-8-19(14-22)16-30-21-15-24-25(32-28(34)20-9-4-3-5-10-20)26(29(35)37-2)33(27(24)31-17-21)18-23-12-7-13-38-23/h3-6,8-11,14-15,17,23,30H,7,12-13,16,18H2,1-2H3,(H,32,34). The number of carbonyl (C=O) groups is 2. The largest absolute Gasteiger partial charge is 0.497 e. The number of carbonyl (C=O) groups excluding carboxylic acids is 2. The predicted molar refractivity (Wildman–Crippen MR) is 145 cm³/mol. The fraction of sp³-hybridized carbons (Fsp3) is 0.276. The molecule has 9 nitrogen and oxygen atoms in total. The number of methoxy groups -OCH3 is 2. The third kappa shape index (κ3) is 5.33. The number of nitrogens with zero attached hydrogens (tertiary/aromatic N) is 2. The Morgan fingerprint density at radius 3 is 2.68 bits per heavy atom. The molecule has 5 rings (SSSR count). The van der Waals surface area contributed by atoms with Crippen molar-refractivity contribution in [2.45, 2.75) is 32.0 Å². The van der Waals surface area contributed by atoms with Gasteiger partial charge in [-0.1, -0.05) is 30.3 Å². The molecule has 1 amide bonds. The fourth-order valence-corrected chi connectivity index (χ4v) is 4.69. The lowest BCUT2D eigenvalue weighted by molar-refractivity contribution is 0.0580. The lowest BCUT2D eigenvalue weighted by Crippen LogP contribution is -2.21. The van der Waals surface area contributed by atoms with Gasteiger partial charge < -0.3 is 29.4 Å². The molecule has 1 saturated heterocycles. The zero-order chi connectivity index (χ0) is 26.5. The van der Waals surface area contributed by atoms with Gasteiger partial charge in [0, 0.05) is 24.1 Å². The number of fused-ring (bicyclic) bond motifs is 1. The minimum Gasteiger partial charge on any atom is -0.497 e. The molecule has 0 bridgehead atoms. The van der Waals surface area contributed by atoms with Crippen LogP contribution in [0.1, 0.15) is 39.3 Å². The molecule has 9 heteroatoms. The monoisotopic (exact) mass is 514 g/mol. The Balaban J connectivity index is 1.55. The Labute approximate surface area is 220 Å². The summed E-state index contributed by atoms with van der Waals surface area (Å²) in [5.41, 5.74) is 3.41. The second-order valence-corrected chi connectivity index (χ2v) is 9.08. The van der Waals surface area contributed by atoms with Gasteiger partial charge in [0.25, 0.3) is 5.91 Å². The first-order chi connectivity index (χ1) is 18.6. The van der Waals surface area contributed by atoms with Crippen LogP contribution in [-0.2, 0) is 22.6 Å². The van der Waals surface area contributed by atoms with Crippen LogP contribution >= 0.6 is 0 Å². The Kier molecular flexibility index (Phi) is 7.55. The van der Waals surface area contributed by atoms with E-state index < -0.39 is 5.97 Å². The van der Waals surface area contributed by atoms with E-state index in [0.717, 1.165) is 29.8 Å². The van der Waals surface area contributed by atoms with Gasteiger partial charge in [0.2, 0.25) is 0 Å². The van der Waals surface area contributed by atoms with E-state index in [0.29, 0.717) is 42.0 Å². The van der Waals surface area contributed by atoms with Crippen LogP contribution in [-0.4, -0.2) is 48.4 Å². The summed E-state index contributed by atoms with van der Waals surface area (Å²) >= 11 is 0. The van der Waals surface area contributed by atoms with Gasteiger partial charge in [-0.2, -0.15) is 0 Å². The van der Waals surface area contributed by atoms with Gasteiger partial charge in [0.05, 0.1) is 44.4 Å². The smallest absolute Gasteiger partial charge is 0.356 e. The SMILES string of the molecule is COC(=O)c1c(NC(=O)c2ccccc2)c2cc(NCc3cccc(OC)c3)cnc2n1CC1CCCO1. The summed E-state index contributed by atoms with van der Waals surface area (Å²) in [5.74, 6) is -0.116. The van der Waals surface area contributed by atoms with E-state index in [2.05, 4.69) is 10.6 Å². The van der Waals surface area contributed by atoms with Gasteiger partial charge >= 0.3 is 5.97 Å². The molecule has 1 unspecified atom stereocenters. The van der Waals surface area contributed by atoms with E-state index in [1.54, 1.807) is 42.1 Å². The zero-order valence-corrected chi connectivity index (χ0v) is 21.4. The predicted octanol–water partition coefficient (Wildman–Crippen LogP) is 4.87. The molecule has 196 valence electrons. The van der Waals surface area contributed by atoms with Gasteiger partial charge in [-0.05, 0) is 48.7 Å². The highest BCUT2D eigenvalue weighted by atomic mass is 16.5. The molecule has 1 aliphatic rings. The van der Waals surface area contributed by atoms with Crippen molar-refractivity contribution >= 4 is 34.3 Å². The van der Waals surface area contributed by atoms with Gasteiger partial charge in [-0.15, -0.1) is 0 Å². The van der Waals surface area contributed by atoms with Crippen LogP contribution in [0.25, 0.3) is 11.0 Å². The lowest BCUT2D eigenvalue weighted by Gasteiger charge is -2.14. The van der Waals surface area contributed by atoms with Crippen LogP contribution in [0.3, 0.4) is 0 Å². The first-order valence-electron chi connectivity index (χ1n) is 12.5. The molecule has 2 aromatic carbocycles. The Hall–Kier alpha value is -4.37. The van der Waals surface area contributed by atoms with Crippen LogP contribution in [0, 0.1) is 0 Å². The Bertz CT molecular complexity index is 1440. The van der Waals surface area contributed by atoms with Crippen molar-refractivity contribution in [1.29, 1.82) is 0 Å². The molecule has 3 heterocycles. The van der Waals surface area contributed by atoms with E-state index in [1.807, 2.05) is 36.4 Å². The average molecular weight is 515 g/mol. The summed E-state index contributed by atoms with van der Waals surface area (Å²) in [7, 11) is 2.96. The molecule has 0 radical (unpaired) electrons. The fourth-order valence-electron chi connectivity index (χ4n) is 4.69. The summed E-state index contributed by atoms with van der Waals surface area (Å²) in [5, 5.41) is 6.97. The molecule has 0 spiro atoms. The number of ether oxygens (including phenoxy) is 3. The van der Waals surface area contributed by atoms with Crippen molar-refractivity contribution in [3.8, 4) is 5.75 Å². The van der Waals surface area contributed by atoms with Crippen molar-refractivity contribution in [2.24, 2.45) is 0 Å². The number of anilines is 2. The number of pyridine rings is 1. The van der Waals surface area contributed by atoms with Crippen LogP contribution in [0.2, 0.25) is 0 Å². The average Bonchev–Trinajstić information content (AvgIpc) is 3.58. The van der Waals surface area contributed by atoms with E-state index in [9.17, 15) is 9.59 Å². The number of esters is 1. The molecule has 1 fully saturated rings. The second kappa shape index (κ2) is 11.4. The first-order valence-corrected chi connectivity index (χ1v) is 12.5. The number of nitrogens with one attached hydrogen (secondary N) is 2. The molecule has 0 aliphatic carbocycles. The highest BCUT2D eigenvalue weighted by Gasteiger charge is 2.29. The summed E-state index contributed by atoms with van der Waals surface area (Å²) in [6, 6.07) is 18.5. The summed E-state index contributed by atoms with van der Waals surface area (Å²) in [4.78, 5) is 31.0. The van der Waals surface area contributed by atoms with Crippen molar-refractivity contribution in [3.63, 3.8) is 0 Å². The van der Waals surface area contributed by atoms with Crippen LogP contribution in [0.4, 0.5) is 11.4 Å². The number of hydrogen-bond acceptors (Lipinski definition) is 7. The number of amides is 1. The maximum Gasteiger partial charge on any atom is 0.356 e. The summed E-state index contributed by atoms with van der Waals surface area (Å²) < 4.78 is 18.1. The minimum atomic E-state index is -0.560. The topological polar surface area (TPSA) is 104 Å². The first kappa shape index (κ1) is 25.3. The number of aromatic nitrogens is 2. The zero-order valence-electron chi connectivity index (χ0n) is 21.4. The number of hydrogen-bond donors (Lipinski definition) is 2. The lowest BCUT2D eigenvalue weighted by atomic mass is 10.2. The Morgan fingerprint density at radius 1 is 1.11 bits per heavy atom. The van der Waals surface area contributed by atoms with Crippen molar-refractivity contribution in [2.75, 3.05) is 31.5 Å². The molecule has 0 saturated carbocycles. The van der Waals surface area contributed by atoms with Crippen molar-refractivity contribution < 1.29 is 23.8 Å². The number of rotatable bonds is 9. The molecule has 2 aromatic heterocycles. The Morgan fingerprint density at radius 2 is 1.95 bits per heavy atom. The highest BCUT2D eigenvalue weighted by molar-refractivity contribution is 6.14. The van der Waals surface area contributed by atoms with E-state index in [-0.39, 0.29) is 17.7 Å². The minimum absolute atomic E-state index is 0.0562. The molecule has 4 aromatic rings. The third-order valence-electron chi connectivity index (χ3n) is 6.59. The molecule has 2 N–H and O–H groups in total. The van der Waals surface area contributed by atoms with Gasteiger partial charge in [0.15, 0.2) is 5.69 Å². The summed E-state index contributed by atoms with van der Waals surface area (Å²) in [6.45, 7) is 1.64. The maximum absolute atomic E-state index is 13.2. The summed E-state index contributed by atoms with van der Waals surface area (Å²) in [6.07, 6.45) is 3.50. The van der Waals surface area contributed by atoms with Gasteiger partial charge in [-0.25, -0.2) is 9.78 Å². The van der Waals surface area contributed by atoms with Crippen molar-refractivity contribution in [1.82, 2.24) is 9.55 Å². The number of benzene rings is 2. The normalized spacial score (nSPS) is 14.8. The van der Waals surface area contributed by atoms with Crippen LogP contribution in [0.5, 0.6) is 5.75 Å². The van der Waals surface area contributed by atoms with Crippen LogP contribution in [0.15, 0.2) is 66.9 Å². The maximum atomic E-state index is 13.2. The molecule has 1 atom stereocenters. The van der Waals surface area contributed by atoms with Crippen molar-refractivity contribution in [3.05, 3.63) is 83.7 Å². The third-order valence-corrected chi connectivity index (χ3v) is 6.59. The van der Waals surface area contributed by atoms with Gasteiger partial charge in [-0.3, -0.25) is 4.79 Å². The molecule has 38 heavy (non-hydrogen) atoms.